The second kappa shape index (κ2) is 7.68. The monoisotopic (exact) mass is 527 g/mol. The van der Waals surface area contributed by atoms with Crippen molar-refractivity contribution in [3.05, 3.63) is 37.2 Å². The molecule has 0 fully saturated rings. The van der Waals surface area contributed by atoms with E-state index in [4.69, 9.17) is 0 Å². The van der Waals surface area contributed by atoms with Crippen LogP contribution in [-0.2, 0) is 10.0 Å². The zero-order chi connectivity index (χ0) is 17.3. The smallest absolute Gasteiger partial charge is 0.210 e. The first-order valence-electron chi connectivity index (χ1n) is 7.47. The Morgan fingerprint density at radius 1 is 1.13 bits per heavy atom. The van der Waals surface area contributed by atoms with Crippen molar-refractivity contribution in [2.45, 2.75) is 44.4 Å². The molecule has 3 nitrogen and oxygen atoms in total. The minimum atomic E-state index is -3.60. The van der Waals surface area contributed by atoms with Gasteiger partial charge in [-0.15, -0.1) is 0 Å². The third-order valence-electron chi connectivity index (χ3n) is 4.10. The molecule has 0 amide bonds. The molecule has 0 saturated carbocycles. The van der Waals surface area contributed by atoms with E-state index in [1.165, 1.54) is 18.4 Å². The van der Waals surface area contributed by atoms with Gasteiger partial charge >= 0.3 is 0 Å². The van der Waals surface area contributed by atoms with Crippen molar-refractivity contribution >= 4 is 57.8 Å². The van der Waals surface area contributed by atoms with Crippen molar-refractivity contribution in [3.63, 3.8) is 0 Å². The number of hydrogen-bond acceptors (Lipinski definition) is 2. The highest BCUT2D eigenvalue weighted by Crippen LogP contribution is 2.36. The minimum Gasteiger partial charge on any atom is -0.210 e. The third-order valence-corrected chi connectivity index (χ3v) is 7.83. The summed E-state index contributed by atoms with van der Waals surface area (Å²) in [5.74, 6) is 0. The Hall–Kier alpha value is 0.310. The van der Waals surface area contributed by atoms with Crippen molar-refractivity contribution in [2.24, 2.45) is 5.41 Å². The molecule has 1 aliphatic rings. The highest BCUT2D eigenvalue weighted by atomic mass is 79.9. The van der Waals surface area contributed by atoms with Crippen LogP contribution in [0.5, 0.6) is 0 Å². The normalized spacial score (nSPS) is 16.3. The average Bonchev–Trinajstić information content (AvgIpc) is 2.45. The van der Waals surface area contributed by atoms with Crippen LogP contribution in [0.15, 0.2) is 42.1 Å². The fourth-order valence-electron chi connectivity index (χ4n) is 2.70. The molecule has 0 radical (unpaired) electrons. The Balaban J connectivity index is 2.21. The molecule has 0 aromatic heterocycles. The number of benzene rings is 1. The van der Waals surface area contributed by atoms with E-state index >= 15 is 0 Å². The van der Waals surface area contributed by atoms with E-state index in [1.54, 1.807) is 12.1 Å². The molecule has 0 atom stereocenters. The van der Waals surface area contributed by atoms with Gasteiger partial charge in [0.1, 0.15) is 4.90 Å². The molecule has 128 valence electrons. The summed E-state index contributed by atoms with van der Waals surface area (Å²) in [6, 6.07) is 3.46. The number of halogens is 3. The highest BCUT2D eigenvalue weighted by Gasteiger charge is 2.28. The maximum atomic E-state index is 12.7. The van der Waals surface area contributed by atoms with Gasteiger partial charge in [-0.1, -0.05) is 41.4 Å². The Bertz CT molecular complexity index is 704. The maximum Gasteiger partial charge on any atom is 0.242 e. The Kier molecular flexibility index (Phi) is 6.56. The van der Waals surface area contributed by atoms with E-state index in [9.17, 15) is 8.42 Å². The number of hydrogen-bond donors (Lipinski definition) is 1. The van der Waals surface area contributed by atoms with E-state index in [1.807, 2.05) is 0 Å². The molecule has 1 N–H and O–H groups in total. The summed E-state index contributed by atoms with van der Waals surface area (Å²) in [6.45, 7) is 4.58. The van der Waals surface area contributed by atoms with Crippen LogP contribution in [0.2, 0.25) is 0 Å². The van der Waals surface area contributed by atoms with Gasteiger partial charge in [-0.2, -0.15) is 0 Å². The van der Waals surface area contributed by atoms with Crippen molar-refractivity contribution in [1.29, 1.82) is 0 Å². The predicted octanol–water partition coefficient (Wildman–Crippen LogP) is 5.78. The average molecular weight is 530 g/mol. The van der Waals surface area contributed by atoms with Gasteiger partial charge in [0.05, 0.1) is 0 Å². The van der Waals surface area contributed by atoms with Gasteiger partial charge in [0.2, 0.25) is 10.0 Å². The van der Waals surface area contributed by atoms with E-state index in [2.05, 4.69) is 72.4 Å². The molecular formula is C16H20Br3NO2S. The summed E-state index contributed by atoms with van der Waals surface area (Å²) in [5.41, 5.74) is 1.17. The van der Waals surface area contributed by atoms with Crippen LogP contribution in [-0.4, -0.2) is 15.0 Å². The van der Waals surface area contributed by atoms with Gasteiger partial charge in [-0.3, -0.25) is 0 Å². The van der Waals surface area contributed by atoms with Gasteiger partial charge in [0.25, 0.3) is 0 Å². The molecule has 0 bridgehead atoms. The van der Waals surface area contributed by atoms with Crippen LogP contribution in [0.25, 0.3) is 0 Å². The maximum absolute atomic E-state index is 12.7. The first-order valence-corrected chi connectivity index (χ1v) is 11.3. The first-order chi connectivity index (χ1) is 10.6. The Morgan fingerprint density at radius 3 is 2.26 bits per heavy atom. The van der Waals surface area contributed by atoms with E-state index in [0.29, 0.717) is 15.5 Å². The van der Waals surface area contributed by atoms with E-state index in [0.717, 1.165) is 17.3 Å². The second-order valence-electron chi connectivity index (χ2n) is 6.38. The zero-order valence-corrected chi connectivity index (χ0v) is 18.7. The molecule has 0 saturated heterocycles. The molecule has 0 spiro atoms. The number of allylic oxidation sites excluding steroid dienone is 1. The predicted molar refractivity (Wildman–Crippen MR) is 105 cm³/mol. The van der Waals surface area contributed by atoms with E-state index < -0.39 is 10.0 Å². The van der Waals surface area contributed by atoms with E-state index in [-0.39, 0.29) is 10.3 Å². The summed E-state index contributed by atoms with van der Waals surface area (Å²) in [5, 5.41) is 0. The lowest BCUT2D eigenvalue weighted by Gasteiger charge is -2.30. The Morgan fingerprint density at radius 2 is 1.74 bits per heavy atom. The van der Waals surface area contributed by atoms with Crippen molar-refractivity contribution in [1.82, 2.24) is 4.72 Å². The zero-order valence-electron chi connectivity index (χ0n) is 13.1. The standard InChI is InChI=1S/C16H20Br3NO2S/c1-16(2,11-6-4-3-5-7-11)10-20-23(21,22)15-13(18)8-12(17)9-14(15)19/h6,8-9,20H,3-5,7,10H2,1-2H3. The van der Waals surface area contributed by atoms with Crippen molar-refractivity contribution in [2.75, 3.05) is 6.54 Å². The summed E-state index contributed by atoms with van der Waals surface area (Å²) in [6.07, 6.45) is 6.83. The topological polar surface area (TPSA) is 46.2 Å². The molecule has 2 rings (SSSR count). The van der Waals surface area contributed by atoms with Crippen LogP contribution in [0.3, 0.4) is 0 Å². The van der Waals surface area contributed by atoms with Gasteiger partial charge in [-0.05, 0) is 75.1 Å². The van der Waals surface area contributed by atoms with Gasteiger partial charge in [0, 0.05) is 20.0 Å². The fraction of sp³-hybridized carbons (Fsp3) is 0.500. The number of nitrogens with one attached hydrogen (secondary N) is 1. The molecule has 23 heavy (non-hydrogen) atoms. The fourth-order valence-corrected chi connectivity index (χ4v) is 7.56. The van der Waals surface area contributed by atoms with Gasteiger partial charge in [-0.25, -0.2) is 13.1 Å². The quantitative estimate of drug-likeness (QED) is 0.491. The lowest BCUT2D eigenvalue weighted by atomic mass is 9.79. The lowest BCUT2D eigenvalue weighted by molar-refractivity contribution is 0.408. The molecule has 0 heterocycles. The second-order valence-corrected chi connectivity index (χ2v) is 10.7. The first kappa shape index (κ1) is 19.6. The van der Waals surface area contributed by atoms with Gasteiger partial charge < -0.3 is 0 Å². The Labute approximate surface area is 163 Å². The van der Waals surface area contributed by atoms with Crippen LogP contribution >= 0.6 is 47.8 Å². The number of rotatable bonds is 5. The summed E-state index contributed by atoms with van der Waals surface area (Å²) in [7, 11) is -3.60. The molecule has 7 heteroatoms. The van der Waals surface area contributed by atoms with Crippen molar-refractivity contribution in [3.8, 4) is 0 Å². The SMILES string of the molecule is CC(C)(CNS(=O)(=O)c1c(Br)cc(Br)cc1Br)C1=CCCCC1. The van der Waals surface area contributed by atoms with Gasteiger partial charge in [0.15, 0.2) is 0 Å². The number of sulfonamides is 1. The largest absolute Gasteiger partial charge is 0.242 e. The molecule has 0 unspecified atom stereocenters. The third kappa shape index (κ3) is 4.91. The van der Waals surface area contributed by atoms with Crippen LogP contribution < -0.4 is 4.72 Å². The summed E-state index contributed by atoms with van der Waals surface area (Å²) >= 11 is 10.0. The minimum absolute atomic E-state index is 0.179. The molecule has 1 aromatic carbocycles. The van der Waals surface area contributed by atoms with Crippen LogP contribution in [0, 0.1) is 5.41 Å². The molecule has 0 aliphatic heterocycles. The summed E-state index contributed by atoms with van der Waals surface area (Å²) < 4.78 is 30.1. The molecule has 1 aromatic rings. The molecule has 1 aliphatic carbocycles. The summed E-state index contributed by atoms with van der Waals surface area (Å²) in [4.78, 5) is 0.231. The van der Waals surface area contributed by atoms with Crippen molar-refractivity contribution < 1.29 is 8.42 Å². The molecular weight excluding hydrogens is 510 g/mol. The van der Waals surface area contributed by atoms with Crippen LogP contribution in [0.1, 0.15) is 39.5 Å². The lowest BCUT2D eigenvalue weighted by Crippen LogP contribution is -2.35. The van der Waals surface area contributed by atoms with Crippen LogP contribution in [0.4, 0.5) is 0 Å². The highest BCUT2D eigenvalue weighted by molar-refractivity contribution is 9.11.